The average molecular weight is 215 g/mol. The van der Waals surface area contributed by atoms with E-state index in [9.17, 15) is 0 Å². The maximum absolute atomic E-state index is 6.60. The van der Waals surface area contributed by atoms with Gasteiger partial charge in [-0.05, 0) is 61.3 Å². The molecule has 1 saturated carbocycles. The molecule has 1 aromatic rings. The Kier molecular flexibility index (Phi) is 2.32. The summed E-state index contributed by atoms with van der Waals surface area (Å²) in [5.41, 5.74) is 12.8. The maximum atomic E-state index is 6.60. The highest BCUT2D eigenvalue weighted by Crippen LogP contribution is 2.41. The van der Waals surface area contributed by atoms with Crippen LogP contribution in [0.4, 0.5) is 0 Å². The van der Waals surface area contributed by atoms with E-state index in [1.807, 2.05) is 0 Å². The van der Waals surface area contributed by atoms with E-state index in [0.717, 1.165) is 0 Å². The second kappa shape index (κ2) is 3.59. The fraction of sp³-hybridized carbons (Fsp3) is 0.600. The molecule has 86 valence electrons. The third kappa shape index (κ3) is 1.41. The predicted octanol–water partition coefficient (Wildman–Crippen LogP) is 3.21. The minimum absolute atomic E-state index is 0.00211. The first-order valence-electron chi connectivity index (χ1n) is 6.61. The van der Waals surface area contributed by atoms with E-state index in [4.69, 9.17) is 5.73 Å². The van der Waals surface area contributed by atoms with Gasteiger partial charge < -0.3 is 5.73 Å². The largest absolute Gasteiger partial charge is 0.321 e. The Morgan fingerprint density at radius 2 is 1.69 bits per heavy atom. The Morgan fingerprint density at radius 3 is 2.44 bits per heavy atom. The van der Waals surface area contributed by atoms with Crippen molar-refractivity contribution in [1.29, 1.82) is 0 Å². The lowest BCUT2D eigenvalue weighted by Gasteiger charge is -2.27. The van der Waals surface area contributed by atoms with E-state index in [1.54, 1.807) is 11.1 Å². The molecule has 2 aliphatic carbocycles. The number of aryl methyl sites for hydroxylation is 1. The molecule has 1 heteroatoms. The standard InChI is InChI=1S/C15H21N/c1-11-7-8-14(13-6-4-5-12(11)13)15(16)9-2-3-10-15/h7-8H,2-6,9-10,16H2,1H3. The minimum atomic E-state index is 0.00211. The van der Waals surface area contributed by atoms with Gasteiger partial charge in [-0.25, -0.2) is 0 Å². The van der Waals surface area contributed by atoms with Crippen LogP contribution in [0, 0.1) is 6.92 Å². The van der Waals surface area contributed by atoms with Gasteiger partial charge in [0.1, 0.15) is 0 Å². The number of fused-ring (bicyclic) bond motifs is 1. The van der Waals surface area contributed by atoms with Crippen molar-refractivity contribution in [3.8, 4) is 0 Å². The van der Waals surface area contributed by atoms with Gasteiger partial charge in [0.25, 0.3) is 0 Å². The van der Waals surface area contributed by atoms with Crippen LogP contribution >= 0.6 is 0 Å². The SMILES string of the molecule is Cc1ccc(C2(N)CCCC2)c2c1CCC2. The lowest BCUT2D eigenvalue weighted by molar-refractivity contribution is 0.458. The summed E-state index contributed by atoms with van der Waals surface area (Å²) in [6.07, 6.45) is 8.82. The van der Waals surface area contributed by atoms with Crippen molar-refractivity contribution >= 4 is 0 Å². The Morgan fingerprint density at radius 1 is 1.00 bits per heavy atom. The first kappa shape index (κ1) is 10.3. The predicted molar refractivity (Wildman–Crippen MR) is 67.5 cm³/mol. The highest BCUT2D eigenvalue weighted by atomic mass is 14.8. The van der Waals surface area contributed by atoms with Crippen molar-refractivity contribution in [1.82, 2.24) is 0 Å². The van der Waals surface area contributed by atoms with Crippen LogP contribution in [0.25, 0.3) is 0 Å². The monoisotopic (exact) mass is 215 g/mol. The molecule has 1 nitrogen and oxygen atoms in total. The summed E-state index contributed by atoms with van der Waals surface area (Å²) in [4.78, 5) is 0. The number of hydrogen-bond donors (Lipinski definition) is 1. The van der Waals surface area contributed by atoms with E-state index in [-0.39, 0.29) is 5.54 Å². The van der Waals surface area contributed by atoms with E-state index in [1.165, 1.54) is 56.1 Å². The summed E-state index contributed by atoms with van der Waals surface area (Å²) in [7, 11) is 0. The van der Waals surface area contributed by atoms with Gasteiger partial charge in [-0.3, -0.25) is 0 Å². The molecule has 0 atom stereocenters. The molecule has 0 unspecified atom stereocenters. The van der Waals surface area contributed by atoms with Crippen molar-refractivity contribution in [2.45, 2.75) is 57.4 Å². The zero-order valence-corrected chi connectivity index (χ0v) is 10.2. The molecule has 1 aromatic carbocycles. The van der Waals surface area contributed by atoms with Gasteiger partial charge in [0, 0.05) is 5.54 Å². The first-order chi connectivity index (χ1) is 7.71. The van der Waals surface area contributed by atoms with Crippen LogP contribution in [0.1, 0.15) is 54.4 Å². The third-order valence-electron chi connectivity index (χ3n) is 4.55. The summed E-state index contributed by atoms with van der Waals surface area (Å²) >= 11 is 0. The van der Waals surface area contributed by atoms with E-state index < -0.39 is 0 Å². The summed E-state index contributed by atoms with van der Waals surface area (Å²) < 4.78 is 0. The molecule has 2 aliphatic rings. The van der Waals surface area contributed by atoms with Crippen LogP contribution < -0.4 is 5.73 Å². The molecule has 0 heterocycles. The first-order valence-corrected chi connectivity index (χ1v) is 6.61. The lowest BCUT2D eigenvalue weighted by Crippen LogP contribution is -2.34. The fourth-order valence-corrected chi connectivity index (χ4v) is 3.63. The molecule has 2 N–H and O–H groups in total. The van der Waals surface area contributed by atoms with Crippen molar-refractivity contribution < 1.29 is 0 Å². The van der Waals surface area contributed by atoms with Gasteiger partial charge in [-0.15, -0.1) is 0 Å². The molecule has 0 spiro atoms. The number of nitrogens with two attached hydrogens (primary N) is 1. The molecule has 0 aromatic heterocycles. The van der Waals surface area contributed by atoms with Crippen LogP contribution in [0.3, 0.4) is 0 Å². The maximum Gasteiger partial charge on any atom is 0.0412 e. The van der Waals surface area contributed by atoms with Gasteiger partial charge >= 0.3 is 0 Å². The molecule has 3 rings (SSSR count). The Hall–Kier alpha value is -0.820. The van der Waals surface area contributed by atoms with E-state index >= 15 is 0 Å². The van der Waals surface area contributed by atoms with Gasteiger partial charge in [-0.1, -0.05) is 25.0 Å². The molecule has 16 heavy (non-hydrogen) atoms. The van der Waals surface area contributed by atoms with Crippen molar-refractivity contribution in [3.63, 3.8) is 0 Å². The highest BCUT2D eigenvalue weighted by Gasteiger charge is 2.34. The van der Waals surface area contributed by atoms with Gasteiger partial charge in [0.15, 0.2) is 0 Å². The molecule has 0 amide bonds. The number of benzene rings is 1. The molecule has 1 fully saturated rings. The fourth-order valence-electron chi connectivity index (χ4n) is 3.63. The molecule has 0 aliphatic heterocycles. The number of rotatable bonds is 1. The summed E-state index contributed by atoms with van der Waals surface area (Å²) in [6.45, 7) is 2.24. The van der Waals surface area contributed by atoms with Crippen LogP contribution in [-0.4, -0.2) is 0 Å². The van der Waals surface area contributed by atoms with E-state index in [2.05, 4.69) is 19.1 Å². The zero-order valence-electron chi connectivity index (χ0n) is 10.2. The van der Waals surface area contributed by atoms with Crippen LogP contribution in [0.2, 0.25) is 0 Å². The summed E-state index contributed by atoms with van der Waals surface area (Å²) in [5, 5.41) is 0. The van der Waals surface area contributed by atoms with Crippen LogP contribution in [0.5, 0.6) is 0 Å². The second-order valence-corrected chi connectivity index (χ2v) is 5.60. The van der Waals surface area contributed by atoms with Gasteiger partial charge in [0.2, 0.25) is 0 Å². The zero-order chi connectivity index (χ0) is 11.2. The van der Waals surface area contributed by atoms with E-state index in [0.29, 0.717) is 0 Å². The van der Waals surface area contributed by atoms with Crippen molar-refractivity contribution in [2.24, 2.45) is 5.73 Å². The highest BCUT2D eigenvalue weighted by molar-refractivity contribution is 5.46. The molecular weight excluding hydrogens is 194 g/mol. The van der Waals surface area contributed by atoms with Crippen molar-refractivity contribution in [3.05, 3.63) is 34.4 Å². The topological polar surface area (TPSA) is 26.0 Å². The molecule has 0 bridgehead atoms. The Labute approximate surface area is 98.0 Å². The molecule has 0 radical (unpaired) electrons. The molecular formula is C15H21N. The summed E-state index contributed by atoms with van der Waals surface area (Å²) in [5.74, 6) is 0. The van der Waals surface area contributed by atoms with Crippen LogP contribution in [-0.2, 0) is 18.4 Å². The molecule has 0 saturated heterocycles. The quantitative estimate of drug-likeness (QED) is 0.765. The Bertz CT molecular complexity index is 414. The second-order valence-electron chi connectivity index (χ2n) is 5.60. The Balaban J connectivity index is 2.11. The lowest BCUT2D eigenvalue weighted by atomic mass is 9.83. The minimum Gasteiger partial charge on any atom is -0.321 e. The van der Waals surface area contributed by atoms with Gasteiger partial charge in [-0.2, -0.15) is 0 Å². The van der Waals surface area contributed by atoms with Crippen molar-refractivity contribution in [2.75, 3.05) is 0 Å². The van der Waals surface area contributed by atoms with Gasteiger partial charge in [0.05, 0.1) is 0 Å². The van der Waals surface area contributed by atoms with Crippen LogP contribution in [0.15, 0.2) is 12.1 Å². The summed E-state index contributed by atoms with van der Waals surface area (Å²) in [6, 6.07) is 4.59. The average Bonchev–Trinajstić information content (AvgIpc) is 2.88. The third-order valence-corrected chi connectivity index (χ3v) is 4.55. The normalized spacial score (nSPS) is 22.4. The number of hydrogen-bond acceptors (Lipinski definition) is 1. The smallest absolute Gasteiger partial charge is 0.0412 e.